The van der Waals surface area contributed by atoms with Gasteiger partial charge in [-0.15, -0.1) is 0 Å². The van der Waals surface area contributed by atoms with E-state index < -0.39 is 11.7 Å². The van der Waals surface area contributed by atoms with E-state index in [1.165, 1.54) is 12.1 Å². The van der Waals surface area contributed by atoms with Gasteiger partial charge in [-0.05, 0) is 49.9 Å². The van der Waals surface area contributed by atoms with E-state index in [1.54, 1.807) is 12.1 Å². The van der Waals surface area contributed by atoms with Crippen LogP contribution < -0.4 is 5.32 Å². The highest BCUT2D eigenvalue weighted by atomic mass is 19.4. The Balaban J connectivity index is 1.99. The van der Waals surface area contributed by atoms with Crippen LogP contribution in [0, 0.1) is 5.92 Å². The fourth-order valence-electron chi connectivity index (χ4n) is 2.35. The van der Waals surface area contributed by atoms with E-state index in [9.17, 15) is 13.2 Å². The van der Waals surface area contributed by atoms with Crippen LogP contribution in [0.5, 0.6) is 0 Å². The third kappa shape index (κ3) is 3.22. The van der Waals surface area contributed by atoms with Crippen molar-refractivity contribution in [3.63, 3.8) is 0 Å². The third-order valence-corrected chi connectivity index (χ3v) is 3.25. The van der Waals surface area contributed by atoms with Gasteiger partial charge in [0.1, 0.15) is 0 Å². The van der Waals surface area contributed by atoms with E-state index in [1.807, 2.05) is 0 Å². The van der Waals surface area contributed by atoms with Gasteiger partial charge < -0.3 is 5.32 Å². The Morgan fingerprint density at radius 2 is 1.88 bits per heavy atom. The number of nitrogens with one attached hydrogen (secondary N) is 1. The molecule has 0 spiro atoms. The monoisotopic (exact) mass is 243 g/mol. The van der Waals surface area contributed by atoms with Crippen molar-refractivity contribution >= 4 is 0 Å². The van der Waals surface area contributed by atoms with Gasteiger partial charge in [-0.3, -0.25) is 0 Å². The van der Waals surface area contributed by atoms with Crippen LogP contribution in [0.25, 0.3) is 0 Å². The summed E-state index contributed by atoms with van der Waals surface area (Å²) in [6.07, 6.45) is -2.28. The van der Waals surface area contributed by atoms with Gasteiger partial charge in [-0.2, -0.15) is 13.2 Å². The van der Waals surface area contributed by atoms with Crippen LogP contribution >= 0.6 is 0 Å². The van der Waals surface area contributed by atoms with Crippen molar-refractivity contribution in [2.75, 3.05) is 6.54 Å². The van der Waals surface area contributed by atoms with Crippen molar-refractivity contribution in [2.45, 2.75) is 32.0 Å². The maximum absolute atomic E-state index is 12.4. The standard InChI is InChI=1S/C13H16F3N/c1-9-6-11(8-17-9)7-10-2-4-12(5-3-10)13(14,15)16/h2-5,9,11,17H,6-8H2,1H3. The molecule has 0 amide bonds. The van der Waals surface area contributed by atoms with E-state index in [0.29, 0.717) is 12.0 Å². The molecule has 4 heteroatoms. The molecule has 1 heterocycles. The zero-order chi connectivity index (χ0) is 12.5. The molecule has 0 radical (unpaired) electrons. The second kappa shape index (κ2) is 4.69. The molecule has 2 unspecified atom stereocenters. The second-order valence-electron chi connectivity index (χ2n) is 4.81. The number of halogens is 3. The molecule has 1 saturated heterocycles. The minimum Gasteiger partial charge on any atom is -0.314 e. The minimum absolute atomic E-state index is 0.523. The molecular formula is C13H16F3N. The summed E-state index contributed by atoms with van der Waals surface area (Å²) in [5.74, 6) is 0.543. The molecule has 1 aliphatic heterocycles. The highest BCUT2D eigenvalue weighted by molar-refractivity contribution is 5.25. The van der Waals surface area contributed by atoms with Gasteiger partial charge in [0.05, 0.1) is 5.56 Å². The summed E-state index contributed by atoms with van der Waals surface area (Å²) >= 11 is 0. The Morgan fingerprint density at radius 3 is 2.35 bits per heavy atom. The van der Waals surface area contributed by atoms with Crippen LogP contribution in [0.4, 0.5) is 13.2 Å². The molecule has 94 valence electrons. The van der Waals surface area contributed by atoms with E-state index >= 15 is 0 Å². The highest BCUT2D eigenvalue weighted by Gasteiger charge is 2.30. The molecule has 1 aromatic rings. The van der Waals surface area contributed by atoms with Crippen molar-refractivity contribution in [3.8, 4) is 0 Å². The lowest BCUT2D eigenvalue weighted by Crippen LogP contribution is -2.17. The van der Waals surface area contributed by atoms with Crippen molar-refractivity contribution in [1.29, 1.82) is 0 Å². The Hall–Kier alpha value is -1.03. The summed E-state index contributed by atoms with van der Waals surface area (Å²) < 4.78 is 37.1. The van der Waals surface area contributed by atoms with Gasteiger partial charge in [0.2, 0.25) is 0 Å². The number of rotatable bonds is 2. The third-order valence-electron chi connectivity index (χ3n) is 3.25. The lowest BCUT2D eigenvalue weighted by atomic mass is 9.96. The molecule has 1 N–H and O–H groups in total. The summed E-state index contributed by atoms with van der Waals surface area (Å²) in [6, 6.07) is 6.04. The zero-order valence-electron chi connectivity index (χ0n) is 9.72. The molecule has 1 aliphatic rings. The van der Waals surface area contributed by atoms with Gasteiger partial charge in [0, 0.05) is 6.04 Å². The summed E-state index contributed by atoms with van der Waals surface area (Å²) in [4.78, 5) is 0. The Labute approximate surface area is 99.0 Å². The van der Waals surface area contributed by atoms with Crippen LogP contribution in [0.3, 0.4) is 0 Å². The minimum atomic E-state index is -4.23. The average Bonchev–Trinajstić information content (AvgIpc) is 2.63. The van der Waals surface area contributed by atoms with Gasteiger partial charge in [-0.25, -0.2) is 0 Å². The SMILES string of the molecule is CC1CC(Cc2ccc(C(F)(F)F)cc2)CN1. The molecule has 2 atom stereocenters. The summed E-state index contributed by atoms with van der Waals surface area (Å²) in [6.45, 7) is 3.09. The molecule has 0 aliphatic carbocycles. The normalized spacial score (nSPS) is 25.2. The fraction of sp³-hybridized carbons (Fsp3) is 0.538. The van der Waals surface area contributed by atoms with Crippen molar-refractivity contribution in [3.05, 3.63) is 35.4 Å². The first kappa shape index (κ1) is 12.4. The largest absolute Gasteiger partial charge is 0.416 e. The first-order valence-electron chi connectivity index (χ1n) is 5.84. The molecule has 0 aromatic heterocycles. The maximum atomic E-state index is 12.4. The highest BCUT2D eigenvalue weighted by Crippen LogP contribution is 2.29. The van der Waals surface area contributed by atoms with Gasteiger partial charge in [0.15, 0.2) is 0 Å². The molecule has 17 heavy (non-hydrogen) atoms. The molecule has 0 saturated carbocycles. The predicted molar refractivity (Wildman–Crippen MR) is 60.7 cm³/mol. The van der Waals surface area contributed by atoms with Gasteiger partial charge in [-0.1, -0.05) is 12.1 Å². The van der Waals surface area contributed by atoms with Crippen molar-refractivity contribution in [1.82, 2.24) is 5.32 Å². The predicted octanol–water partition coefficient (Wildman–Crippen LogP) is 3.25. The van der Waals surface area contributed by atoms with E-state index in [2.05, 4.69) is 12.2 Å². The molecular weight excluding hydrogens is 227 g/mol. The summed E-state index contributed by atoms with van der Waals surface area (Å²) in [5, 5.41) is 3.35. The molecule has 2 rings (SSSR count). The van der Waals surface area contributed by atoms with E-state index in [0.717, 1.165) is 24.9 Å². The Morgan fingerprint density at radius 1 is 1.24 bits per heavy atom. The number of hydrogen-bond donors (Lipinski definition) is 1. The number of benzene rings is 1. The summed E-state index contributed by atoms with van der Waals surface area (Å²) in [5.41, 5.74) is 0.415. The van der Waals surface area contributed by atoms with Gasteiger partial charge >= 0.3 is 6.18 Å². The number of hydrogen-bond acceptors (Lipinski definition) is 1. The summed E-state index contributed by atoms with van der Waals surface area (Å²) in [7, 11) is 0. The smallest absolute Gasteiger partial charge is 0.314 e. The molecule has 0 bridgehead atoms. The maximum Gasteiger partial charge on any atom is 0.416 e. The van der Waals surface area contributed by atoms with E-state index in [-0.39, 0.29) is 0 Å². The molecule has 1 aromatic carbocycles. The molecule has 1 nitrogen and oxygen atoms in total. The Bertz CT molecular complexity index is 369. The van der Waals surface area contributed by atoms with Crippen LogP contribution in [0.1, 0.15) is 24.5 Å². The lowest BCUT2D eigenvalue weighted by Gasteiger charge is -2.10. The van der Waals surface area contributed by atoms with Gasteiger partial charge in [0.25, 0.3) is 0 Å². The lowest BCUT2D eigenvalue weighted by molar-refractivity contribution is -0.137. The van der Waals surface area contributed by atoms with Crippen molar-refractivity contribution in [2.24, 2.45) is 5.92 Å². The van der Waals surface area contributed by atoms with Crippen molar-refractivity contribution < 1.29 is 13.2 Å². The zero-order valence-corrected chi connectivity index (χ0v) is 9.72. The average molecular weight is 243 g/mol. The number of alkyl halides is 3. The topological polar surface area (TPSA) is 12.0 Å². The first-order valence-corrected chi connectivity index (χ1v) is 5.84. The van der Waals surface area contributed by atoms with Crippen LogP contribution in [-0.4, -0.2) is 12.6 Å². The molecule has 1 fully saturated rings. The van der Waals surface area contributed by atoms with Crippen LogP contribution in [0.2, 0.25) is 0 Å². The van der Waals surface area contributed by atoms with Crippen LogP contribution in [-0.2, 0) is 12.6 Å². The fourth-order valence-corrected chi connectivity index (χ4v) is 2.35. The second-order valence-corrected chi connectivity index (χ2v) is 4.81. The van der Waals surface area contributed by atoms with E-state index in [4.69, 9.17) is 0 Å². The first-order chi connectivity index (χ1) is 7.95. The van der Waals surface area contributed by atoms with Crippen LogP contribution in [0.15, 0.2) is 24.3 Å². The quantitative estimate of drug-likeness (QED) is 0.840. The Kier molecular flexibility index (Phi) is 3.43.